The smallest absolute Gasteiger partial charge is 0.200 e. The summed E-state index contributed by atoms with van der Waals surface area (Å²) in [5, 5.41) is 15.8. The Labute approximate surface area is 118 Å². The topological polar surface area (TPSA) is 62.5 Å². The SMILES string of the molecule is CC(C)N1CCC(N(C)c2ccc3nnnn3n2)CC1. The minimum absolute atomic E-state index is 0.534. The van der Waals surface area contributed by atoms with Gasteiger partial charge in [-0.2, -0.15) is 0 Å². The van der Waals surface area contributed by atoms with Gasteiger partial charge in [-0.1, -0.05) is 0 Å². The molecule has 0 atom stereocenters. The van der Waals surface area contributed by atoms with Crippen molar-refractivity contribution in [2.24, 2.45) is 0 Å². The van der Waals surface area contributed by atoms with Crippen LogP contribution in [-0.2, 0) is 0 Å². The van der Waals surface area contributed by atoms with Crippen LogP contribution in [0, 0.1) is 0 Å². The van der Waals surface area contributed by atoms with Crippen LogP contribution in [0.1, 0.15) is 26.7 Å². The van der Waals surface area contributed by atoms with E-state index in [9.17, 15) is 0 Å². The number of nitrogens with zero attached hydrogens (tertiary/aromatic N) is 7. The largest absolute Gasteiger partial charge is 0.355 e. The molecular formula is C13H21N7. The Kier molecular flexibility index (Phi) is 3.52. The minimum Gasteiger partial charge on any atom is -0.355 e. The fourth-order valence-corrected chi connectivity index (χ4v) is 2.80. The predicted molar refractivity (Wildman–Crippen MR) is 76.7 cm³/mol. The van der Waals surface area contributed by atoms with Gasteiger partial charge >= 0.3 is 0 Å². The quantitative estimate of drug-likeness (QED) is 0.827. The molecule has 1 fully saturated rings. The lowest BCUT2D eigenvalue weighted by Gasteiger charge is -2.38. The fourth-order valence-electron chi connectivity index (χ4n) is 2.80. The normalized spacial score (nSPS) is 18.0. The van der Waals surface area contributed by atoms with Gasteiger partial charge in [-0.3, -0.25) is 0 Å². The first kappa shape index (κ1) is 13.2. The van der Waals surface area contributed by atoms with E-state index in [1.807, 2.05) is 12.1 Å². The molecule has 1 aliphatic rings. The maximum atomic E-state index is 4.46. The molecule has 0 unspecified atom stereocenters. The molecule has 0 aliphatic carbocycles. The minimum atomic E-state index is 0.534. The molecule has 0 saturated carbocycles. The third kappa shape index (κ3) is 2.45. The molecule has 1 saturated heterocycles. The highest BCUT2D eigenvalue weighted by molar-refractivity contribution is 5.44. The number of tetrazole rings is 1. The van der Waals surface area contributed by atoms with E-state index in [4.69, 9.17) is 0 Å². The molecule has 1 aliphatic heterocycles. The van der Waals surface area contributed by atoms with Crippen molar-refractivity contribution in [2.75, 3.05) is 25.0 Å². The second-order valence-corrected chi connectivity index (χ2v) is 5.69. The van der Waals surface area contributed by atoms with E-state index in [1.165, 1.54) is 17.5 Å². The summed E-state index contributed by atoms with van der Waals surface area (Å²) in [6.45, 7) is 6.83. The van der Waals surface area contributed by atoms with E-state index in [-0.39, 0.29) is 0 Å². The van der Waals surface area contributed by atoms with Crippen LogP contribution >= 0.6 is 0 Å². The average Bonchev–Trinajstić information content (AvgIpc) is 2.94. The number of likely N-dealkylation sites (tertiary alicyclic amines) is 1. The number of piperidine rings is 1. The molecule has 7 heteroatoms. The van der Waals surface area contributed by atoms with Gasteiger partial charge in [-0.05, 0) is 49.2 Å². The molecule has 0 spiro atoms. The second kappa shape index (κ2) is 5.32. The summed E-state index contributed by atoms with van der Waals surface area (Å²) in [5.41, 5.74) is 0.678. The van der Waals surface area contributed by atoms with E-state index >= 15 is 0 Å². The van der Waals surface area contributed by atoms with Crippen molar-refractivity contribution in [1.29, 1.82) is 0 Å². The van der Waals surface area contributed by atoms with Crippen molar-refractivity contribution in [1.82, 2.24) is 30.2 Å². The lowest BCUT2D eigenvalue weighted by atomic mass is 10.0. The van der Waals surface area contributed by atoms with Crippen LogP contribution in [-0.4, -0.2) is 62.4 Å². The highest BCUT2D eigenvalue weighted by Crippen LogP contribution is 2.21. The lowest BCUT2D eigenvalue weighted by Crippen LogP contribution is -2.46. The standard InChI is InChI=1S/C13H21N7/c1-10(2)19-8-6-11(7-9-19)18(3)13-5-4-12-14-16-17-20(12)15-13/h4-5,10-11H,6-9H2,1-3H3. The van der Waals surface area contributed by atoms with Crippen molar-refractivity contribution in [3.8, 4) is 0 Å². The molecule has 20 heavy (non-hydrogen) atoms. The zero-order chi connectivity index (χ0) is 14.1. The number of anilines is 1. The van der Waals surface area contributed by atoms with Gasteiger partial charge in [-0.15, -0.1) is 14.8 Å². The molecule has 0 radical (unpaired) electrons. The summed E-state index contributed by atoms with van der Waals surface area (Å²) in [6.07, 6.45) is 2.34. The summed E-state index contributed by atoms with van der Waals surface area (Å²) in [6, 6.07) is 5.06. The van der Waals surface area contributed by atoms with E-state index in [1.54, 1.807) is 0 Å². The van der Waals surface area contributed by atoms with Crippen LogP contribution in [0.15, 0.2) is 12.1 Å². The molecule has 108 valence electrons. The van der Waals surface area contributed by atoms with Crippen LogP contribution in [0.3, 0.4) is 0 Å². The summed E-state index contributed by atoms with van der Waals surface area (Å²) in [4.78, 5) is 4.78. The van der Waals surface area contributed by atoms with Gasteiger partial charge in [-0.25, -0.2) is 0 Å². The zero-order valence-corrected chi connectivity index (χ0v) is 12.3. The van der Waals surface area contributed by atoms with Gasteiger partial charge in [0, 0.05) is 32.2 Å². The predicted octanol–water partition coefficient (Wildman–Crippen LogP) is 0.828. The van der Waals surface area contributed by atoms with E-state index in [0.717, 1.165) is 18.9 Å². The Morgan fingerprint density at radius 3 is 2.70 bits per heavy atom. The molecule has 2 aromatic rings. The molecular weight excluding hydrogens is 254 g/mol. The van der Waals surface area contributed by atoms with Crippen LogP contribution in [0.25, 0.3) is 5.65 Å². The molecule has 0 amide bonds. The first-order valence-electron chi connectivity index (χ1n) is 7.17. The van der Waals surface area contributed by atoms with Crippen molar-refractivity contribution >= 4 is 11.5 Å². The van der Waals surface area contributed by atoms with E-state index < -0.39 is 0 Å². The van der Waals surface area contributed by atoms with Gasteiger partial charge in [0.15, 0.2) is 11.5 Å². The molecule has 7 nitrogen and oxygen atoms in total. The highest BCUT2D eigenvalue weighted by Gasteiger charge is 2.24. The molecule has 0 bridgehead atoms. The number of hydrogen-bond donors (Lipinski definition) is 0. The van der Waals surface area contributed by atoms with Crippen LogP contribution < -0.4 is 4.90 Å². The van der Waals surface area contributed by atoms with Crippen LogP contribution in [0.2, 0.25) is 0 Å². The Hall–Kier alpha value is -1.76. The fraction of sp³-hybridized carbons (Fsp3) is 0.692. The molecule has 2 aromatic heterocycles. The van der Waals surface area contributed by atoms with Crippen LogP contribution in [0.4, 0.5) is 5.82 Å². The van der Waals surface area contributed by atoms with E-state index in [2.05, 4.69) is 51.3 Å². The third-order valence-corrected chi connectivity index (χ3v) is 4.19. The van der Waals surface area contributed by atoms with Gasteiger partial charge in [0.2, 0.25) is 0 Å². The Bertz CT molecular complexity index is 571. The second-order valence-electron chi connectivity index (χ2n) is 5.69. The Balaban J connectivity index is 1.71. The summed E-state index contributed by atoms with van der Waals surface area (Å²) in [5.74, 6) is 0.924. The number of aromatic nitrogens is 5. The van der Waals surface area contributed by atoms with Crippen molar-refractivity contribution in [3.63, 3.8) is 0 Å². The van der Waals surface area contributed by atoms with E-state index in [0.29, 0.717) is 17.7 Å². The van der Waals surface area contributed by atoms with Gasteiger partial charge in [0.1, 0.15) is 0 Å². The van der Waals surface area contributed by atoms with Gasteiger partial charge < -0.3 is 9.80 Å². The first-order valence-corrected chi connectivity index (χ1v) is 7.17. The summed E-state index contributed by atoms with van der Waals surface area (Å²) >= 11 is 0. The van der Waals surface area contributed by atoms with Crippen LogP contribution in [0.5, 0.6) is 0 Å². The van der Waals surface area contributed by atoms with Crippen molar-refractivity contribution in [3.05, 3.63) is 12.1 Å². The highest BCUT2D eigenvalue weighted by atomic mass is 15.6. The lowest BCUT2D eigenvalue weighted by molar-refractivity contribution is 0.171. The molecule has 0 N–H and O–H groups in total. The molecule has 0 aromatic carbocycles. The summed E-state index contributed by atoms with van der Waals surface area (Å²) < 4.78 is 1.48. The Morgan fingerprint density at radius 2 is 2.00 bits per heavy atom. The zero-order valence-electron chi connectivity index (χ0n) is 12.3. The van der Waals surface area contributed by atoms with Gasteiger partial charge in [0.25, 0.3) is 0 Å². The third-order valence-electron chi connectivity index (χ3n) is 4.19. The summed E-state index contributed by atoms with van der Waals surface area (Å²) in [7, 11) is 2.11. The number of hydrogen-bond acceptors (Lipinski definition) is 6. The number of fused-ring (bicyclic) bond motifs is 1. The maximum Gasteiger partial charge on any atom is 0.200 e. The first-order chi connectivity index (χ1) is 9.65. The molecule has 3 rings (SSSR count). The number of rotatable bonds is 3. The van der Waals surface area contributed by atoms with Crippen molar-refractivity contribution < 1.29 is 0 Å². The monoisotopic (exact) mass is 275 g/mol. The molecule has 3 heterocycles. The maximum absolute atomic E-state index is 4.46. The van der Waals surface area contributed by atoms with Gasteiger partial charge in [0.05, 0.1) is 0 Å². The van der Waals surface area contributed by atoms with Crippen molar-refractivity contribution in [2.45, 2.75) is 38.8 Å². The average molecular weight is 275 g/mol. The Morgan fingerprint density at radius 1 is 1.25 bits per heavy atom.